The van der Waals surface area contributed by atoms with Gasteiger partial charge in [-0.15, -0.1) is 0 Å². The van der Waals surface area contributed by atoms with E-state index >= 15 is 0 Å². The Bertz CT molecular complexity index is 2710. The molecule has 6 nitrogen and oxygen atoms in total. The fourth-order valence-electron chi connectivity index (χ4n) is 7.31. The Morgan fingerprint density at radius 2 is 1.02 bits per heavy atom. The molecule has 48 heavy (non-hydrogen) atoms. The van der Waals surface area contributed by atoms with Crippen molar-refractivity contribution in [2.24, 2.45) is 4.99 Å². The van der Waals surface area contributed by atoms with Crippen LogP contribution in [0.2, 0.25) is 0 Å². The molecule has 1 aliphatic heterocycles. The van der Waals surface area contributed by atoms with E-state index in [1.54, 1.807) is 0 Å². The maximum atomic E-state index is 5.31. The highest BCUT2D eigenvalue weighted by Crippen LogP contribution is 2.43. The van der Waals surface area contributed by atoms with Gasteiger partial charge in [0.1, 0.15) is 11.4 Å². The molecule has 6 heteroatoms. The molecule has 6 aromatic carbocycles. The second-order valence-corrected chi connectivity index (χ2v) is 12.1. The van der Waals surface area contributed by atoms with Crippen LogP contribution in [0.15, 0.2) is 157 Å². The minimum Gasteiger partial charge on any atom is -0.375 e. The molecule has 0 saturated carbocycles. The van der Waals surface area contributed by atoms with E-state index in [-0.39, 0.29) is 0 Å². The Balaban J connectivity index is 1.30. The summed E-state index contributed by atoms with van der Waals surface area (Å²) in [4.78, 5) is 15.7. The lowest BCUT2D eigenvalue weighted by Gasteiger charge is -2.21. The van der Waals surface area contributed by atoms with Gasteiger partial charge in [-0.05, 0) is 42.0 Å². The van der Waals surface area contributed by atoms with Gasteiger partial charge in [-0.1, -0.05) is 115 Å². The molecule has 1 N–H and O–H groups in total. The van der Waals surface area contributed by atoms with Gasteiger partial charge < -0.3 is 9.88 Å². The largest absolute Gasteiger partial charge is 0.375 e. The summed E-state index contributed by atoms with van der Waals surface area (Å²) in [5, 5.41) is 8.39. The number of hydrogen-bond acceptors (Lipinski definition) is 4. The molecule has 0 unspecified atom stereocenters. The summed E-state index contributed by atoms with van der Waals surface area (Å²) < 4.78 is 4.57. The number of aliphatic imine (C=N–C) groups is 1. The van der Waals surface area contributed by atoms with Crippen molar-refractivity contribution in [1.29, 1.82) is 0 Å². The van der Waals surface area contributed by atoms with Crippen molar-refractivity contribution in [2.45, 2.75) is 0 Å². The highest BCUT2D eigenvalue weighted by Gasteiger charge is 2.25. The van der Waals surface area contributed by atoms with Crippen molar-refractivity contribution < 1.29 is 0 Å². The summed E-state index contributed by atoms with van der Waals surface area (Å²) in [6.45, 7) is 0.596. The number of para-hydroxylation sites is 3. The van der Waals surface area contributed by atoms with Crippen molar-refractivity contribution in [2.75, 3.05) is 11.9 Å². The molecule has 9 aromatic rings. The standard InChI is InChI=1S/C42H28N6/c1-4-14-27(15-5-1)32-26-43-40-39(28-16-6-2-7-17-28)45-42(46-41(40)44-32)48-34-23-13-11-21-31(34)38-36(48)25-24-35-37(38)30-20-10-12-22-33(30)47(35)29-18-8-3-9-19-29/h1-25,43H,26H2. The average Bonchev–Trinajstić information content (AvgIpc) is 3.68. The normalized spacial score (nSPS) is 12.8. The number of rotatable bonds is 4. The van der Waals surface area contributed by atoms with Gasteiger partial charge in [0, 0.05) is 32.8 Å². The first-order valence-electron chi connectivity index (χ1n) is 16.2. The quantitative estimate of drug-likeness (QED) is 0.214. The highest BCUT2D eigenvalue weighted by atomic mass is 15.2. The lowest BCUT2D eigenvalue weighted by Crippen LogP contribution is -2.20. The van der Waals surface area contributed by atoms with Crippen LogP contribution >= 0.6 is 0 Å². The third-order valence-corrected chi connectivity index (χ3v) is 9.39. The minimum atomic E-state index is 0.588. The number of hydrogen-bond donors (Lipinski definition) is 1. The third-order valence-electron chi connectivity index (χ3n) is 9.39. The number of nitrogens with zero attached hydrogens (tertiary/aromatic N) is 5. The molecule has 226 valence electrons. The predicted octanol–water partition coefficient (Wildman–Crippen LogP) is 9.88. The maximum Gasteiger partial charge on any atom is 0.237 e. The molecular weight excluding hydrogens is 589 g/mol. The van der Waals surface area contributed by atoms with Crippen LogP contribution in [0.4, 0.5) is 11.5 Å². The fourth-order valence-corrected chi connectivity index (χ4v) is 7.31. The first-order valence-corrected chi connectivity index (χ1v) is 16.2. The number of nitrogens with one attached hydrogen (secondary N) is 1. The zero-order valence-electron chi connectivity index (χ0n) is 25.9. The average molecular weight is 617 g/mol. The van der Waals surface area contributed by atoms with E-state index < -0.39 is 0 Å². The van der Waals surface area contributed by atoms with Crippen molar-refractivity contribution >= 4 is 60.8 Å². The summed E-state index contributed by atoms with van der Waals surface area (Å²) >= 11 is 0. The van der Waals surface area contributed by atoms with Crippen molar-refractivity contribution in [3.63, 3.8) is 0 Å². The summed E-state index contributed by atoms with van der Waals surface area (Å²) in [5.74, 6) is 1.22. The van der Waals surface area contributed by atoms with Gasteiger partial charge in [-0.25, -0.2) is 9.98 Å². The SMILES string of the molecule is c1ccc(C2=Nc3nc(-n4c5ccccc5c5c6c7ccccc7n(-c7ccccc7)c6ccc54)nc(-c4ccccc4)c3NC2)cc1. The molecule has 0 radical (unpaired) electrons. The van der Waals surface area contributed by atoms with Gasteiger partial charge in [-0.3, -0.25) is 4.57 Å². The Kier molecular flexibility index (Phi) is 5.84. The zero-order chi connectivity index (χ0) is 31.6. The van der Waals surface area contributed by atoms with E-state index in [4.69, 9.17) is 15.0 Å². The molecule has 3 aromatic heterocycles. The fraction of sp³-hybridized carbons (Fsp3) is 0.0238. The Morgan fingerprint density at radius 3 is 1.69 bits per heavy atom. The second-order valence-electron chi connectivity index (χ2n) is 12.1. The Morgan fingerprint density at radius 1 is 0.479 bits per heavy atom. The van der Waals surface area contributed by atoms with Crippen LogP contribution < -0.4 is 5.32 Å². The molecule has 1 aliphatic rings. The topological polar surface area (TPSA) is 60.0 Å². The smallest absolute Gasteiger partial charge is 0.237 e. The molecule has 4 heterocycles. The van der Waals surface area contributed by atoms with Crippen molar-refractivity contribution in [3.05, 3.63) is 157 Å². The van der Waals surface area contributed by atoms with Crippen LogP contribution in [-0.4, -0.2) is 31.4 Å². The summed E-state index contributed by atoms with van der Waals surface area (Å²) in [5.41, 5.74) is 10.3. The molecule has 0 aliphatic carbocycles. The number of fused-ring (bicyclic) bond motifs is 8. The van der Waals surface area contributed by atoms with Crippen LogP contribution in [0.3, 0.4) is 0 Å². The number of anilines is 1. The van der Waals surface area contributed by atoms with E-state index in [9.17, 15) is 0 Å². The molecule has 0 fully saturated rings. The number of aromatic nitrogens is 4. The Labute approximate surface area is 276 Å². The van der Waals surface area contributed by atoms with Gasteiger partial charge in [0.2, 0.25) is 5.95 Å². The molecular formula is C42H28N6. The lowest BCUT2D eigenvalue weighted by atomic mass is 10.1. The first-order chi connectivity index (χ1) is 23.8. The van der Waals surface area contributed by atoms with E-state index in [1.807, 2.05) is 36.4 Å². The van der Waals surface area contributed by atoms with E-state index in [2.05, 4.69) is 130 Å². The van der Waals surface area contributed by atoms with Gasteiger partial charge in [0.05, 0.1) is 34.3 Å². The molecule has 0 bridgehead atoms. The van der Waals surface area contributed by atoms with Crippen molar-refractivity contribution in [3.8, 4) is 22.9 Å². The molecule has 0 spiro atoms. The summed E-state index contributed by atoms with van der Waals surface area (Å²) in [6.07, 6.45) is 0. The van der Waals surface area contributed by atoms with Crippen LogP contribution in [0.1, 0.15) is 5.56 Å². The molecule has 0 saturated heterocycles. The van der Waals surface area contributed by atoms with Gasteiger partial charge >= 0.3 is 0 Å². The first kappa shape index (κ1) is 26.7. The van der Waals surface area contributed by atoms with Crippen LogP contribution in [0, 0.1) is 0 Å². The minimum absolute atomic E-state index is 0.588. The van der Waals surface area contributed by atoms with E-state index in [0.29, 0.717) is 18.3 Å². The third kappa shape index (κ3) is 3.96. The zero-order valence-corrected chi connectivity index (χ0v) is 25.9. The summed E-state index contributed by atoms with van der Waals surface area (Å²) in [6, 6.07) is 52.9. The van der Waals surface area contributed by atoms with Crippen LogP contribution in [0.5, 0.6) is 0 Å². The van der Waals surface area contributed by atoms with Crippen LogP contribution in [-0.2, 0) is 0 Å². The molecule has 0 amide bonds. The van der Waals surface area contributed by atoms with E-state index in [0.717, 1.165) is 55.8 Å². The Hall–Kier alpha value is -6.53. The lowest BCUT2D eigenvalue weighted by molar-refractivity contribution is 0.984. The second kappa shape index (κ2) is 10.5. The van der Waals surface area contributed by atoms with Gasteiger partial charge in [-0.2, -0.15) is 4.98 Å². The van der Waals surface area contributed by atoms with Crippen LogP contribution in [0.25, 0.3) is 66.5 Å². The number of benzene rings is 6. The summed E-state index contributed by atoms with van der Waals surface area (Å²) in [7, 11) is 0. The molecule has 10 rings (SSSR count). The predicted molar refractivity (Wildman–Crippen MR) is 197 cm³/mol. The van der Waals surface area contributed by atoms with Gasteiger partial charge in [0.15, 0.2) is 5.82 Å². The maximum absolute atomic E-state index is 5.31. The van der Waals surface area contributed by atoms with Gasteiger partial charge in [0.25, 0.3) is 0 Å². The monoisotopic (exact) mass is 616 g/mol. The highest BCUT2D eigenvalue weighted by molar-refractivity contribution is 6.28. The molecule has 0 atom stereocenters. The van der Waals surface area contributed by atoms with E-state index in [1.165, 1.54) is 21.7 Å². The van der Waals surface area contributed by atoms with Crippen molar-refractivity contribution in [1.82, 2.24) is 19.1 Å².